The average molecular weight is 385 g/mol. The summed E-state index contributed by atoms with van der Waals surface area (Å²) in [5, 5.41) is 0. The molecule has 1 aromatic heterocycles. The van der Waals surface area contributed by atoms with Gasteiger partial charge in [-0.3, -0.25) is 0 Å². The molecule has 0 saturated carbocycles. The van der Waals surface area contributed by atoms with E-state index >= 15 is 0 Å². The maximum atomic E-state index is 5.82. The Balaban J connectivity index is 1.79. The predicted molar refractivity (Wildman–Crippen MR) is 97.2 cm³/mol. The van der Waals surface area contributed by atoms with E-state index in [9.17, 15) is 0 Å². The van der Waals surface area contributed by atoms with Crippen LogP contribution in [0, 0.1) is 6.92 Å². The third-order valence-corrected chi connectivity index (χ3v) is 4.45. The third kappa shape index (κ3) is 3.74. The molecule has 3 aromatic rings. The van der Waals surface area contributed by atoms with Crippen LogP contribution in [0.15, 0.2) is 59.2 Å². The molecule has 1 heterocycles. The van der Waals surface area contributed by atoms with Crippen molar-refractivity contribution in [3.05, 3.63) is 70.5 Å². The maximum absolute atomic E-state index is 5.82. The molecule has 122 valence electrons. The first-order chi connectivity index (χ1) is 11.7. The molecule has 0 N–H and O–H groups in total. The van der Waals surface area contributed by atoms with Crippen molar-refractivity contribution in [1.82, 2.24) is 9.97 Å². The number of para-hydroxylation sites is 1. The van der Waals surface area contributed by atoms with Gasteiger partial charge < -0.3 is 9.47 Å². The predicted octanol–water partition coefficient (Wildman–Crippen LogP) is 4.80. The molecule has 0 fully saturated rings. The van der Waals surface area contributed by atoms with Crippen LogP contribution >= 0.6 is 15.9 Å². The minimum atomic E-state index is 0.375. The van der Waals surface area contributed by atoms with Gasteiger partial charge in [0.15, 0.2) is 5.82 Å². The van der Waals surface area contributed by atoms with Crippen LogP contribution in [0.5, 0.6) is 11.5 Å². The molecule has 0 radical (unpaired) electrons. The highest BCUT2D eigenvalue weighted by Gasteiger charge is 2.09. The summed E-state index contributed by atoms with van der Waals surface area (Å²) in [6, 6.07) is 15.5. The van der Waals surface area contributed by atoms with Crippen molar-refractivity contribution >= 4 is 15.9 Å². The van der Waals surface area contributed by atoms with Crippen LogP contribution in [-0.2, 0) is 6.61 Å². The fourth-order valence-electron chi connectivity index (χ4n) is 2.26. The van der Waals surface area contributed by atoms with Crippen LogP contribution in [-0.4, -0.2) is 17.1 Å². The van der Waals surface area contributed by atoms with Crippen LogP contribution in [0.1, 0.15) is 11.3 Å². The van der Waals surface area contributed by atoms with Gasteiger partial charge in [0.1, 0.15) is 18.1 Å². The summed E-state index contributed by atoms with van der Waals surface area (Å²) in [5.41, 5.74) is 2.84. The molecular weight excluding hydrogens is 368 g/mol. The smallest absolute Gasteiger partial charge is 0.163 e. The van der Waals surface area contributed by atoms with Crippen molar-refractivity contribution in [1.29, 1.82) is 0 Å². The number of aromatic nitrogens is 2. The van der Waals surface area contributed by atoms with Crippen LogP contribution in [0.2, 0.25) is 0 Å². The van der Waals surface area contributed by atoms with E-state index < -0.39 is 0 Å². The largest absolute Gasteiger partial charge is 0.496 e. The Labute approximate surface area is 149 Å². The Kier molecular flexibility index (Phi) is 5.11. The van der Waals surface area contributed by atoms with Crippen LogP contribution in [0.25, 0.3) is 11.4 Å². The Hall–Kier alpha value is -2.40. The maximum Gasteiger partial charge on any atom is 0.163 e. The summed E-state index contributed by atoms with van der Waals surface area (Å²) in [5.74, 6) is 2.17. The van der Waals surface area contributed by atoms with Gasteiger partial charge in [0.25, 0.3) is 0 Å². The van der Waals surface area contributed by atoms with Crippen molar-refractivity contribution in [2.45, 2.75) is 13.5 Å². The lowest BCUT2D eigenvalue weighted by molar-refractivity contribution is 0.301. The molecule has 5 heteroatoms. The first-order valence-electron chi connectivity index (χ1n) is 7.51. The average Bonchev–Trinajstić information content (AvgIpc) is 2.63. The van der Waals surface area contributed by atoms with Crippen molar-refractivity contribution in [2.75, 3.05) is 7.11 Å². The van der Waals surface area contributed by atoms with E-state index in [-0.39, 0.29) is 0 Å². The Bertz CT molecular complexity index is 852. The number of ether oxygens (including phenoxy) is 2. The van der Waals surface area contributed by atoms with E-state index in [2.05, 4.69) is 25.9 Å². The van der Waals surface area contributed by atoms with Gasteiger partial charge in [-0.05, 0) is 42.8 Å². The lowest BCUT2D eigenvalue weighted by atomic mass is 10.2. The summed E-state index contributed by atoms with van der Waals surface area (Å²) in [6.07, 6.45) is 1.73. The lowest BCUT2D eigenvalue weighted by Crippen LogP contribution is -2.01. The molecule has 0 atom stereocenters. The fourth-order valence-corrected chi connectivity index (χ4v) is 2.61. The number of hydrogen-bond acceptors (Lipinski definition) is 4. The number of halogens is 1. The molecule has 0 aliphatic carbocycles. The Morgan fingerprint density at radius 2 is 1.92 bits per heavy atom. The van der Waals surface area contributed by atoms with E-state index in [1.165, 1.54) is 5.56 Å². The Morgan fingerprint density at radius 3 is 2.71 bits per heavy atom. The topological polar surface area (TPSA) is 44.2 Å². The zero-order chi connectivity index (χ0) is 16.9. The van der Waals surface area contributed by atoms with E-state index in [4.69, 9.17) is 9.47 Å². The van der Waals surface area contributed by atoms with Crippen molar-refractivity contribution < 1.29 is 9.47 Å². The quantitative estimate of drug-likeness (QED) is 0.633. The van der Waals surface area contributed by atoms with Gasteiger partial charge in [-0.15, -0.1) is 0 Å². The SMILES string of the molecule is COc1ccccc1-c1nccc(COc2ccc(C)c(Br)c2)n1. The van der Waals surface area contributed by atoms with Gasteiger partial charge in [0.2, 0.25) is 0 Å². The third-order valence-electron chi connectivity index (χ3n) is 3.59. The highest BCUT2D eigenvalue weighted by Crippen LogP contribution is 2.27. The molecule has 0 spiro atoms. The second-order valence-electron chi connectivity index (χ2n) is 5.27. The number of methoxy groups -OCH3 is 1. The van der Waals surface area contributed by atoms with Gasteiger partial charge in [0, 0.05) is 10.7 Å². The summed E-state index contributed by atoms with van der Waals surface area (Å²) < 4.78 is 12.2. The van der Waals surface area contributed by atoms with E-state index in [1.807, 2.05) is 55.5 Å². The van der Waals surface area contributed by atoms with Crippen molar-refractivity contribution in [3.63, 3.8) is 0 Å². The molecule has 3 rings (SSSR count). The van der Waals surface area contributed by atoms with Gasteiger partial charge in [-0.2, -0.15) is 0 Å². The first kappa shape index (κ1) is 16.5. The van der Waals surface area contributed by atoms with Gasteiger partial charge >= 0.3 is 0 Å². The number of benzene rings is 2. The van der Waals surface area contributed by atoms with Crippen molar-refractivity contribution in [3.8, 4) is 22.9 Å². The lowest BCUT2D eigenvalue weighted by Gasteiger charge is -2.10. The van der Waals surface area contributed by atoms with Crippen LogP contribution < -0.4 is 9.47 Å². The van der Waals surface area contributed by atoms with E-state index in [0.29, 0.717) is 12.4 Å². The zero-order valence-corrected chi connectivity index (χ0v) is 15.1. The summed E-state index contributed by atoms with van der Waals surface area (Å²) >= 11 is 3.51. The highest BCUT2D eigenvalue weighted by atomic mass is 79.9. The van der Waals surface area contributed by atoms with E-state index in [1.54, 1.807) is 13.3 Å². The van der Waals surface area contributed by atoms with Gasteiger partial charge in [0.05, 0.1) is 18.4 Å². The molecular formula is C19H17BrN2O2. The molecule has 2 aromatic carbocycles. The molecule has 4 nitrogen and oxygen atoms in total. The first-order valence-corrected chi connectivity index (χ1v) is 8.31. The molecule has 0 amide bonds. The summed E-state index contributed by atoms with van der Waals surface area (Å²) in [4.78, 5) is 8.92. The number of nitrogens with zero attached hydrogens (tertiary/aromatic N) is 2. The second kappa shape index (κ2) is 7.45. The minimum absolute atomic E-state index is 0.375. The van der Waals surface area contributed by atoms with Crippen LogP contribution in [0.4, 0.5) is 0 Å². The normalized spacial score (nSPS) is 10.5. The molecule has 0 aliphatic rings. The minimum Gasteiger partial charge on any atom is -0.496 e. The highest BCUT2D eigenvalue weighted by molar-refractivity contribution is 9.10. The van der Waals surface area contributed by atoms with Crippen molar-refractivity contribution in [2.24, 2.45) is 0 Å². The molecule has 0 bridgehead atoms. The van der Waals surface area contributed by atoms with Crippen LogP contribution in [0.3, 0.4) is 0 Å². The molecule has 0 saturated heterocycles. The monoisotopic (exact) mass is 384 g/mol. The molecule has 24 heavy (non-hydrogen) atoms. The number of aryl methyl sites for hydroxylation is 1. The fraction of sp³-hybridized carbons (Fsp3) is 0.158. The molecule has 0 unspecified atom stereocenters. The second-order valence-corrected chi connectivity index (χ2v) is 6.13. The van der Waals surface area contributed by atoms with Gasteiger partial charge in [-0.25, -0.2) is 9.97 Å². The Morgan fingerprint density at radius 1 is 1.08 bits per heavy atom. The summed E-state index contributed by atoms with van der Waals surface area (Å²) in [7, 11) is 1.64. The standard InChI is InChI=1S/C19H17BrN2O2/c1-13-7-8-15(11-17(13)20)24-12-14-9-10-21-19(22-14)16-5-3-4-6-18(16)23-2/h3-11H,12H2,1-2H3. The zero-order valence-electron chi connectivity index (χ0n) is 13.5. The molecule has 0 aliphatic heterocycles. The number of hydrogen-bond donors (Lipinski definition) is 0. The summed E-state index contributed by atoms with van der Waals surface area (Å²) in [6.45, 7) is 2.41. The van der Waals surface area contributed by atoms with Gasteiger partial charge in [-0.1, -0.05) is 34.1 Å². The van der Waals surface area contributed by atoms with E-state index in [0.717, 1.165) is 27.2 Å². The number of rotatable bonds is 5.